The van der Waals surface area contributed by atoms with Crippen LogP contribution in [0.5, 0.6) is 0 Å². The van der Waals surface area contributed by atoms with Gasteiger partial charge >= 0.3 is 0 Å². The quantitative estimate of drug-likeness (QED) is 0.531. The Labute approximate surface area is 70.4 Å². The molecular weight excluding hydrogens is 153 g/mol. The van der Waals surface area contributed by atoms with Crippen molar-refractivity contribution in [1.82, 2.24) is 0 Å². The molecule has 0 saturated carbocycles. The van der Waals surface area contributed by atoms with E-state index < -0.39 is 0 Å². The van der Waals surface area contributed by atoms with Crippen LogP contribution in [0.2, 0.25) is 0 Å². The maximum Gasteiger partial charge on any atom is 0.152 e. The lowest BCUT2D eigenvalue weighted by Crippen LogP contribution is -1.83. The van der Waals surface area contributed by atoms with E-state index in [1.54, 1.807) is 19.1 Å². The number of hydrogen-bond acceptors (Lipinski definition) is 1. The van der Waals surface area contributed by atoms with Gasteiger partial charge in [0.2, 0.25) is 0 Å². The number of nitrogens with zero attached hydrogens (tertiary/aromatic N) is 1. The number of aryl methyl sites for hydroxylation is 1. The van der Waals surface area contributed by atoms with E-state index in [1.165, 1.54) is 12.1 Å². The summed E-state index contributed by atoms with van der Waals surface area (Å²) in [6.45, 7) is 1.75. The van der Waals surface area contributed by atoms with Crippen LogP contribution in [0, 0.1) is 35.9 Å². The van der Waals surface area contributed by atoms with Gasteiger partial charge in [0.15, 0.2) is 6.07 Å². The second kappa shape index (κ2) is 3.55. The van der Waals surface area contributed by atoms with Crippen LogP contribution >= 0.6 is 0 Å². The first-order valence-corrected chi connectivity index (χ1v) is 3.40. The molecule has 1 aromatic rings. The molecule has 0 aliphatic rings. The third kappa shape index (κ3) is 1.84. The van der Waals surface area contributed by atoms with E-state index in [-0.39, 0.29) is 5.82 Å². The van der Waals surface area contributed by atoms with Gasteiger partial charge in [-0.25, -0.2) is 4.39 Å². The maximum absolute atomic E-state index is 12.6. The molecule has 0 aliphatic heterocycles. The molecule has 1 nitrogen and oxygen atoms in total. The highest BCUT2D eigenvalue weighted by atomic mass is 19.1. The number of benzene rings is 1. The Morgan fingerprint density at radius 2 is 2.17 bits per heavy atom. The summed E-state index contributed by atoms with van der Waals surface area (Å²) in [5, 5.41) is 8.18. The van der Waals surface area contributed by atoms with Gasteiger partial charge in [0.1, 0.15) is 5.82 Å². The SMILES string of the molecule is Cc1cc(F)ccc1C#CC#N. The summed E-state index contributed by atoms with van der Waals surface area (Å²) in [6, 6.07) is 5.99. The van der Waals surface area contributed by atoms with Crippen molar-refractivity contribution in [2.45, 2.75) is 6.92 Å². The Morgan fingerprint density at radius 1 is 1.42 bits per heavy atom. The van der Waals surface area contributed by atoms with Gasteiger partial charge in [0.25, 0.3) is 0 Å². The highest BCUT2D eigenvalue weighted by molar-refractivity contribution is 5.43. The zero-order valence-electron chi connectivity index (χ0n) is 6.56. The number of halogens is 1. The molecule has 2 heteroatoms. The molecule has 12 heavy (non-hydrogen) atoms. The molecule has 0 spiro atoms. The number of nitriles is 1. The average molecular weight is 159 g/mol. The predicted molar refractivity (Wildman–Crippen MR) is 43.6 cm³/mol. The van der Waals surface area contributed by atoms with E-state index in [9.17, 15) is 4.39 Å². The molecule has 0 unspecified atom stereocenters. The summed E-state index contributed by atoms with van der Waals surface area (Å²) in [7, 11) is 0. The van der Waals surface area contributed by atoms with Gasteiger partial charge in [0, 0.05) is 11.5 Å². The van der Waals surface area contributed by atoms with Crippen LogP contribution in [0.15, 0.2) is 18.2 Å². The Morgan fingerprint density at radius 3 is 2.75 bits per heavy atom. The third-order valence-corrected chi connectivity index (χ3v) is 1.44. The number of hydrogen-bond donors (Lipinski definition) is 0. The van der Waals surface area contributed by atoms with E-state index in [1.807, 2.05) is 0 Å². The summed E-state index contributed by atoms with van der Waals surface area (Å²) in [4.78, 5) is 0. The molecule has 1 rings (SSSR count). The van der Waals surface area contributed by atoms with E-state index >= 15 is 0 Å². The molecule has 0 bridgehead atoms. The zero-order valence-corrected chi connectivity index (χ0v) is 6.56. The first kappa shape index (κ1) is 8.30. The van der Waals surface area contributed by atoms with Crippen LogP contribution in [0.4, 0.5) is 4.39 Å². The van der Waals surface area contributed by atoms with Crippen molar-refractivity contribution in [3.05, 3.63) is 35.1 Å². The van der Waals surface area contributed by atoms with E-state index in [0.29, 0.717) is 5.56 Å². The lowest BCUT2D eigenvalue weighted by atomic mass is 10.1. The molecular formula is C10H6FN. The highest BCUT2D eigenvalue weighted by Crippen LogP contribution is 2.07. The van der Waals surface area contributed by atoms with Gasteiger partial charge in [-0.15, -0.1) is 0 Å². The lowest BCUT2D eigenvalue weighted by molar-refractivity contribution is 0.626. The Hall–Kier alpha value is -1.80. The largest absolute Gasteiger partial charge is 0.207 e. The average Bonchev–Trinajstić information content (AvgIpc) is 2.03. The molecule has 0 heterocycles. The molecule has 0 radical (unpaired) electrons. The first-order chi connectivity index (χ1) is 5.74. The Balaban J connectivity index is 3.12. The summed E-state index contributed by atoms with van der Waals surface area (Å²) in [6.07, 6.45) is 0. The molecule has 0 N–H and O–H groups in total. The molecule has 0 aliphatic carbocycles. The molecule has 0 fully saturated rings. The summed E-state index contributed by atoms with van der Waals surface area (Å²) in [5.74, 6) is 4.59. The van der Waals surface area contributed by atoms with Crippen molar-refractivity contribution in [3.8, 4) is 17.9 Å². The van der Waals surface area contributed by atoms with Gasteiger partial charge in [-0.2, -0.15) is 5.26 Å². The maximum atomic E-state index is 12.6. The van der Waals surface area contributed by atoms with Crippen molar-refractivity contribution >= 4 is 0 Å². The van der Waals surface area contributed by atoms with Crippen LogP contribution < -0.4 is 0 Å². The Kier molecular flexibility index (Phi) is 2.46. The van der Waals surface area contributed by atoms with Crippen molar-refractivity contribution in [2.24, 2.45) is 0 Å². The van der Waals surface area contributed by atoms with Gasteiger partial charge in [-0.1, -0.05) is 5.92 Å². The fraction of sp³-hybridized carbons (Fsp3) is 0.100. The molecule has 0 atom stereocenters. The fourth-order valence-electron chi connectivity index (χ4n) is 0.863. The topological polar surface area (TPSA) is 23.8 Å². The second-order valence-corrected chi connectivity index (χ2v) is 2.32. The molecule has 1 aromatic carbocycles. The van der Waals surface area contributed by atoms with Crippen LogP contribution in [0.25, 0.3) is 0 Å². The predicted octanol–water partition coefficient (Wildman–Crippen LogP) is 2.01. The van der Waals surface area contributed by atoms with Gasteiger partial charge in [0.05, 0.1) is 0 Å². The zero-order chi connectivity index (χ0) is 8.97. The van der Waals surface area contributed by atoms with Crippen molar-refractivity contribution < 1.29 is 4.39 Å². The Bertz CT molecular complexity index is 391. The molecule has 0 aromatic heterocycles. The monoisotopic (exact) mass is 159 g/mol. The fourth-order valence-corrected chi connectivity index (χ4v) is 0.863. The van der Waals surface area contributed by atoms with Crippen LogP contribution in [0.3, 0.4) is 0 Å². The smallest absolute Gasteiger partial charge is 0.152 e. The third-order valence-electron chi connectivity index (χ3n) is 1.44. The van der Waals surface area contributed by atoms with Crippen LogP contribution in [0.1, 0.15) is 11.1 Å². The van der Waals surface area contributed by atoms with Crippen molar-refractivity contribution in [2.75, 3.05) is 0 Å². The summed E-state index contributed by atoms with van der Waals surface area (Å²) >= 11 is 0. The first-order valence-electron chi connectivity index (χ1n) is 3.40. The minimum absolute atomic E-state index is 0.282. The minimum Gasteiger partial charge on any atom is -0.207 e. The number of rotatable bonds is 0. The van der Waals surface area contributed by atoms with Crippen LogP contribution in [-0.2, 0) is 0 Å². The normalized spacial score (nSPS) is 8.08. The second-order valence-electron chi connectivity index (χ2n) is 2.32. The highest BCUT2D eigenvalue weighted by Gasteiger charge is 1.95. The van der Waals surface area contributed by atoms with E-state index in [2.05, 4.69) is 11.8 Å². The molecule has 0 saturated heterocycles. The van der Waals surface area contributed by atoms with Crippen LogP contribution in [-0.4, -0.2) is 0 Å². The van der Waals surface area contributed by atoms with Crippen molar-refractivity contribution in [3.63, 3.8) is 0 Å². The van der Waals surface area contributed by atoms with Gasteiger partial charge < -0.3 is 0 Å². The molecule has 58 valence electrons. The van der Waals surface area contributed by atoms with E-state index in [0.717, 1.165) is 5.56 Å². The van der Waals surface area contributed by atoms with Gasteiger partial charge in [-0.3, -0.25) is 0 Å². The van der Waals surface area contributed by atoms with E-state index in [4.69, 9.17) is 5.26 Å². The van der Waals surface area contributed by atoms with Crippen molar-refractivity contribution in [1.29, 1.82) is 5.26 Å². The lowest BCUT2D eigenvalue weighted by Gasteiger charge is -1.95. The standard InChI is InChI=1S/C10H6FN/c1-8-7-10(11)5-4-9(8)3-2-6-12/h4-5,7H,1H3. The molecule has 0 amide bonds. The summed E-state index contributed by atoms with van der Waals surface area (Å²) in [5.41, 5.74) is 1.44. The summed E-state index contributed by atoms with van der Waals surface area (Å²) < 4.78 is 12.6. The minimum atomic E-state index is -0.282. The van der Waals surface area contributed by atoms with Gasteiger partial charge in [-0.05, 0) is 30.7 Å².